The van der Waals surface area contributed by atoms with Crippen molar-refractivity contribution in [3.05, 3.63) is 35.8 Å². The number of hydrogen-bond donors (Lipinski definition) is 2. The lowest BCUT2D eigenvalue weighted by Crippen LogP contribution is -2.54. The van der Waals surface area contributed by atoms with Gasteiger partial charge in [-0.3, -0.25) is 19.1 Å². The van der Waals surface area contributed by atoms with Crippen molar-refractivity contribution in [3.8, 4) is 5.88 Å². The van der Waals surface area contributed by atoms with Gasteiger partial charge in [-0.1, -0.05) is 24.5 Å². The maximum atomic E-state index is 14.1. The van der Waals surface area contributed by atoms with Gasteiger partial charge in [-0.25, -0.2) is 4.98 Å². The minimum atomic E-state index is -0.815. The summed E-state index contributed by atoms with van der Waals surface area (Å²) >= 11 is 0. The van der Waals surface area contributed by atoms with E-state index in [0.29, 0.717) is 49.8 Å². The molecule has 0 aromatic carbocycles. The summed E-state index contributed by atoms with van der Waals surface area (Å²) in [5, 5.41) is 14.9. The number of carbonyl (C=O) groups excluding carboxylic acids is 3. The SMILES string of the molecule is O=C(C[C@@H]1CCN2C[C@@H]1CCOc1ncccc1C(=O)N[C@H](Cc1cn(CCN3CCCCC3)nn1)C2=O)NC1CCCC1. The predicted molar refractivity (Wildman–Crippen MR) is 163 cm³/mol. The zero-order chi connectivity index (χ0) is 30.3. The van der Waals surface area contributed by atoms with Crippen LogP contribution in [-0.4, -0.2) is 98.9 Å². The first kappa shape index (κ1) is 30.5. The molecule has 6 rings (SSSR count). The van der Waals surface area contributed by atoms with E-state index in [-0.39, 0.29) is 36.0 Å². The number of likely N-dealkylation sites (tertiary alicyclic amines) is 1. The Morgan fingerprint density at radius 3 is 2.70 bits per heavy atom. The molecule has 12 heteroatoms. The fourth-order valence-corrected chi connectivity index (χ4v) is 7.29. The lowest BCUT2D eigenvalue weighted by Gasteiger charge is -2.40. The summed E-state index contributed by atoms with van der Waals surface area (Å²) in [6.45, 7) is 5.31. The van der Waals surface area contributed by atoms with Crippen LogP contribution in [0.2, 0.25) is 0 Å². The second-order valence-corrected chi connectivity index (χ2v) is 12.9. The third kappa shape index (κ3) is 7.75. The quantitative estimate of drug-likeness (QED) is 0.467. The lowest BCUT2D eigenvalue weighted by atomic mass is 9.80. The van der Waals surface area contributed by atoms with E-state index in [0.717, 1.165) is 45.4 Å². The number of fused-ring (bicyclic) bond motifs is 3. The van der Waals surface area contributed by atoms with Gasteiger partial charge in [0.05, 0.1) is 18.8 Å². The molecule has 44 heavy (non-hydrogen) atoms. The van der Waals surface area contributed by atoms with E-state index >= 15 is 0 Å². The van der Waals surface area contributed by atoms with Gasteiger partial charge in [-0.15, -0.1) is 5.10 Å². The standard InChI is InChI=1S/C32H46N8O4/c41-29(34-25-7-2-3-8-25)19-23-10-15-39-21-24(23)11-18-44-31-27(9-6-12-33-31)30(42)35-28(32(39)43)20-26-22-40(37-36-26)17-16-38-13-4-1-5-14-38/h6,9,12,22-25,28H,1-5,7-8,10-11,13-21H2,(H,34,41)(H,35,42)/t23-,24-,28+/m0/s1. The van der Waals surface area contributed by atoms with Crippen molar-refractivity contribution in [2.45, 2.75) is 89.3 Å². The summed E-state index contributed by atoms with van der Waals surface area (Å²) in [7, 11) is 0. The highest BCUT2D eigenvalue weighted by Gasteiger charge is 2.37. The maximum absolute atomic E-state index is 14.1. The van der Waals surface area contributed by atoms with Gasteiger partial charge in [-0.05, 0) is 75.6 Å². The van der Waals surface area contributed by atoms with Gasteiger partial charge in [-0.2, -0.15) is 0 Å². The number of pyridine rings is 1. The molecule has 3 aliphatic heterocycles. The van der Waals surface area contributed by atoms with Crippen molar-refractivity contribution < 1.29 is 19.1 Å². The van der Waals surface area contributed by atoms with Crippen LogP contribution in [0.15, 0.2) is 24.5 Å². The van der Waals surface area contributed by atoms with E-state index in [4.69, 9.17) is 4.74 Å². The number of piperidine rings is 2. The summed E-state index contributed by atoms with van der Waals surface area (Å²) < 4.78 is 7.87. The molecular formula is C32H46N8O4. The minimum Gasteiger partial charge on any atom is -0.477 e. The van der Waals surface area contributed by atoms with E-state index in [2.05, 4.69) is 30.8 Å². The van der Waals surface area contributed by atoms with Crippen molar-refractivity contribution in [1.82, 2.24) is 40.4 Å². The number of hydrogen-bond acceptors (Lipinski definition) is 8. The molecule has 2 aromatic heterocycles. The zero-order valence-electron chi connectivity index (χ0n) is 25.7. The Morgan fingerprint density at radius 2 is 1.86 bits per heavy atom. The van der Waals surface area contributed by atoms with E-state index in [1.165, 1.54) is 32.1 Å². The molecule has 0 spiro atoms. The number of aromatic nitrogens is 4. The van der Waals surface area contributed by atoms with Crippen molar-refractivity contribution in [1.29, 1.82) is 0 Å². The van der Waals surface area contributed by atoms with Crippen molar-refractivity contribution in [3.63, 3.8) is 0 Å². The summed E-state index contributed by atoms with van der Waals surface area (Å²) in [5.41, 5.74) is 0.954. The highest BCUT2D eigenvalue weighted by atomic mass is 16.5. The molecule has 238 valence electrons. The van der Waals surface area contributed by atoms with E-state index < -0.39 is 11.9 Å². The van der Waals surface area contributed by atoms with Crippen molar-refractivity contribution >= 4 is 17.7 Å². The molecule has 5 heterocycles. The average Bonchev–Trinajstić information content (AvgIpc) is 3.72. The van der Waals surface area contributed by atoms with Gasteiger partial charge in [0.2, 0.25) is 17.7 Å². The third-order valence-electron chi connectivity index (χ3n) is 9.81. The molecule has 3 amide bonds. The highest BCUT2D eigenvalue weighted by molar-refractivity contribution is 5.99. The van der Waals surface area contributed by atoms with Crippen LogP contribution in [-0.2, 0) is 22.6 Å². The Hall–Kier alpha value is -3.54. The topological polar surface area (TPSA) is 135 Å². The maximum Gasteiger partial charge on any atom is 0.257 e. The Kier molecular flexibility index (Phi) is 10.0. The molecule has 2 saturated heterocycles. The number of amides is 3. The van der Waals surface area contributed by atoms with Crippen LogP contribution in [0.25, 0.3) is 0 Å². The van der Waals surface area contributed by atoms with Crippen LogP contribution in [0.5, 0.6) is 5.88 Å². The predicted octanol–water partition coefficient (Wildman–Crippen LogP) is 2.20. The first-order valence-electron chi connectivity index (χ1n) is 16.6. The van der Waals surface area contributed by atoms with E-state index in [1.807, 2.05) is 15.8 Å². The number of nitrogens with one attached hydrogen (secondary N) is 2. The molecule has 4 aliphatic rings. The average molecular weight is 607 g/mol. The van der Waals surface area contributed by atoms with Crippen LogP contribution < -0.4 is 15.4 Å². The van der Waals surface area contributed by atoms with Crippen molar-refractivity contribution in [2.24, 2.45) is 11.8 Å². The number of ether oxygens (including phenoxy) is 1. The fourth-order valence-electron chi connectivity index (χ4n) is 7.29. The second-order valence-electron chi connectivity index (χ2n) is 12.9. The minimum absolute atomic E-state index is 0.0978. The first-order valence-corrected chi connectivity index (χ1v) is 16.6. The molecule has 0 radical (unpaired) electrons. The largest absolute Gasteiger partial charge is 0.477 e. The molecule has 3 atom stereocenters. The number of nitrogens with zero attached hydrogens (tertiary/aromatic N) is 6. The zero-order valence-corrected chi connectivity index (χ0v) is 25.7. The van der Waals surface area contributed by atoms with Gasteiger partial charge in [0.1, 0.15) is 11.6 Å². The number of rotatable bonds is 8. The molecular weight excluding hydrogens is 560 g/mol. The second kappa shape index (κ2) is 14.5. The molecule has 12 nitrogen and oxygen atoms in total. The summed E-state index contributed by atoms with van der Waals surface area (Å²) in [4.78, 5) is 49.1. The van der Waals surface area contributed by atoms with Crippen LogP contribution in [0.4, 0.5) is 0 Å². The highest BCUT2D eigenvalue weighted by Crippen LogP contribution is 2.31. The molecule has 2 N–H and O–H groups in total. The summed E-state index contributed by atoms with van der Waals surface area (Å²) in [6, 6.07) is 2.83. The van der Waals surface area contributed by atoms with E-state index in [1.54, 1.807) is 18.3 Å². The van der Waals surface area contributed by atoms with Gasteiger partial charge < -0.3 is 25.2 Å². The Labute approximate surface area is 259 Å². The Bertz CT molecular complexity index is 1290. The smallest absolute Gasteiger partial charge is 0.257 e. The van der Waals surface area contributed by atoms with E-state index in [9.17, 15) is 14.4 Å². The van der Waals surface area contributed by atoms with Gasteiger partial charge in [0.25, 0.3) is 5.91 Å². The summed E-state index contributed by atoms with van der Waals surface area (Å²) in [6.07, 6.45) is 13.8. The van der Waals surface area contributed by atoms with Crippen LogP contribution in [0.3, 0.4) is 0 Å². The molecule has 0 unspecified atom stereocenters. The van der Waals surface area contributed by atoms with Crippen LogP contribution in [0.1, 0.15) is 80.3 Å². The summed E-state index contributed by atoms with van der Waals surface area (Å²) in [5.74, 6) is 0.0769. The normalized spacial score (nSPS) is 25.4. The monoisotopic (exact) mass is 606 g/mol. The molecule has 3 fully saturated rings. The molecule has 1 aliphatic carbocycles. The van der Waals surface area contributed by atoms with Gasteiger partial charge in [0.15, 0.2) is 0 Å². The van der Waals surface area contributed by atoms with Crippen LogP contribution in [0, 0.1) is 11.8 Å². The fraction of sp³-hybridized carbons (Fsp3) is 0.688. The molecule has 1 saturated carbocycles. The Balaban J connectivity index is 1.16. The van der Waals surface area contributed by atoms with Gasteiger partial charge >= 0.3 is 0 Å². The van der Waals surface area contributed by atoms with Crippen LogP contribution >= 0.6 is 0 Å². The Morgan fingerprint density at radius 1 is 1.02 bits per heavy atom. The molecule has 2 aromatic rings. The van der Waals surface area contributed by atoms with Gasteiger partial charge in [0, 0.05) is 50.9 Å². The van der Waals surface area contributed by atoms with Crippen molar-refractivity contribution in [2.75, 3.05) is 39.3 Å². The lowest BCUT2D eigenvalue weighted by molar-refractivity contribution is -0.136. The number of carbonyl (C=O) groups is 3. The third-order valence-corrected chi connectivity index (χ3v) is 9.81. The first-order chi connectivity index (χ1) is 21.5. The molecule has 2 bridgehead atoms.